The maximum atomic E-state index is 10.7. The third-order valence-corrected chi connectivity index (χ3v) is 3.03. The van der Waals surface area contributed by atoms with Gasteiger partial charge in [0.2, 0.25) is 0 Å². The van der Waals surface area contributed by atoms with Gasteiger partial charge in [0.15, 0.2) is 0 Å². The minimum atomic E-state index is -0.517. The zero-order valence-electron chi connectivity index (χ0n) is 11.4. The van der Waals surface area contributed by atoms with Crippen molar-refractivity contribution in [3.8, 4) is 5.75 Å². The molecule has 0 radical (unpaired) electrons. The van der Waals surface area contributed by atoms with Gasteiger partial charge in [0.05, 0.1) is 16.3 Å². The third-order valence-electron chi connectivity index (χ3n) is 3.03. The summed E-state index contributed by atoms with van der Waals surface area (Å²) in [7, 11) is 1.81. The van der Waals surface area contributed by atoms with Crippen LogP contribution in [0.4, 0.5) is 11.4 Å². The van der Waals surface area contributed by atoms with Crippen LogP contribution >= 0.6 is 0 Å². The van der Waals surface area contributed by atoms with E-state index in [1.807, 2.05) is 20.9 Å². The van der Waals surface area contributed by atoms with Crippen LogP contribution in [0.3, 0.4) is 0 Å². The maximum absolute atomic E-state index is 10.7. The molecule has 0 aliphatic heterocycles. The van der Waals surface area contributed by atoms with Gasteiger partial charge in [0.25, 0.3) is 5.69 Å². The summed E-state index contributed by atoms with van der Waals surface area (Å²) in [5.74, 6) is -0.0569. The molecule has 0 bridgehead atoms. The van der Waals surface area contributed by atoms with Crippen molar-refractivity contribution in [3.63, 3.8) is 0 Å². The van der Waals surface area contributed by atoms with Crippen molar-refractivity contribution in [2.75, 3.05) is 0 Å². The van der Waals surface area contributed by atoms with Gasteiger partial charge in [-0.15, -0.1) is 0 Å². The number of hydrogen-bond acceptors (Lipinski definition) is 5. The Morgan fingerprint density at radius 3 is 2.70 bits per heavy atom. The number of aromatic hydroxyl groups is 1. The predicted octanol–water partition coefficient (Wildman–Crippen LogP) is 2.40. The summed E-state index contributed by atoms with van der Waals surface area (Å²) in [6.07, 6.45) is 1.40. The van der Waals surface area contributed by atoms with E-state index in [0.29, 0.717) is 11.3 Å². The molecule has 0 amide bonds. The molecule has 0 aliphatic carbocycles. The van der Waals surface area contributed by atoms with Gasteiger partial charge in [0, 0.05) is 31.0 Å². The van der Waals surface area contributed by atoms with Crippen LogP contribution in [0.1, 0.15) is 17.0 Å². The summed E-state index contributed by atoms with van der Waals surface area (Å²) in [4.78, 5) is 14.5. The first kappa shape index (κ1) is 13.7. The second kappa shape index (κ2) is 5.12. The molecule has 7 heteroatoms. The monoisotopic (exact) mass is 274 g/mol. The van der Waals surface area contributed by atoms with Gasteiger partial charge < -0.3 is 5.11 Å². The predicted molar refractivity (Wildman–Crippen MR) is 74.7 cm³/mol. The van der Waals surface area contributed by atoms with Crippen LogP contribution in [0.5, 0.6) is 5.75 Å². The minimum Gasteiger partial charge on any atom is -0.507 e. The fourth-order valence-electron chi connectivity index (χ4n) is 1.84. The third kappa shape index (κ3) is 2.51. The summed E-state index contributed by atoms with van der Waals surface area (Å²) in [6.45, 7) is 3.70. The van der Waals surface area contributed by atoms with Crippen LogP contribution < -0.4 is 0 Å². The molecule has 0 unspecified atom stereocenters. The fourth-order valence-corrected chi connectivity index (χ4v) is 1.84. The smallest absolute Gasteiger partial charge is 0.270 e. The highest BCUT2D eigenvalue weighted by atomic mass is 16.6. The zero-order valence-corrected chi connectivity index (χ0v) is 11.4. The molecule has 7 nitrogen and oxygen atoms in total. The summed E-state index contributed by atoms with van der Waals surface area (Å²) in [6, 6.07) is 3.80. The number of nitro groups is 1. The van der Waals surface area contributed by atoms with E-state index in [2.05, 4.69) is 10.1 Å². The molecule has 2 aromatic rings. The van der Waals surface area contributed by atoms with Gasteiger partial charge in [-0.05, 0) is 19.9 Å². The lowest BCUT2D eigenvalue weighted by Crippen LogP contribution is -1.92. The molecule has 0 fully saturated rings. The Labute approximate surface area is 115 Å². The molecule has 1 N–H and O–H groups in total. The maximum Gasteiger partial charge on any atom is 0.270 e. The Kier molecular flexibility index (Phi) is 3.51. The van der Waals surface area contributed by atoms with Crippen molar-refractivity contribution in [2.24, 2.45) is 12.0 Å². The highest BCUT2D eigenvalue weighted by Crippen LogP contribution is 2.25. The van der Waals surface area contributed by atoms with E-state index < -0.39 is 4.92 Å². The van der Waals surface area contributed by atoms with E-state index in [-0.39, 0.29) is 11.4 Å². The second-order valence-corrected chi connectivity index (χ2v) is 4.40. The van der Waals surface area contributed by atoms with Crippen molar-refractivity contribution in [1.29, 1.82) is 0 Å². The van der Waals surface area contributed by atoms with Crippen LogP contribution in [0.25, 0.3) is 0 Å². The van der Waals surface area contributed by atoms with Crippen LogP contribution in [0, 0.1) is 24.0 Å². The number of nitro benzene ring substituents is 1. The van der Waals surface area contributed by atoms with Gasteiger partial charge in [-0.2, -0.15) is 5.10 Å². The Hall–Kier alpha value is -2.70. The Morgan fingerprint density at radius 1 is 1.45 bits per heavy atom. The van der Waals surface area contributed by atoms with Gasteiger partial charge in [-0.25, -0.2) is 0 Å². The number of phenols is 1. The minimum absolute atomic E-state index is 0.0569. The summed E-state index contributed by atoms with van der Waals surface area (Å²) in [5, 5.41) is 24.6. The topological polar surface area (TPSA) is 93.5 Å². The van der Waals surface area contributed by atoms with E-state index in [1.54, 1.807) is 4.68 Å². The summed E-state index contributed by atoms with van der Waals surface area (Å²) >= 11 is 0. The number of hydrogen-bond donors (Lipinski definition) is 1. The van der Waals surface area contributed by atoms with Crippen molar-refractivity contribution in [1.82, 2.24) is 9.78 Å². The van der Waals surface area contributed by atoms with E-state index in [4.69, 9.17) is 0 Å². The first-order valence-corrected chi connectivity index (χ1v) is 5.92. The quantitative estimate of drug-likeness (QED) is 0.528. The van der Waals surface area contributed by atoms with Crippen molar-refractivity contribution < 1.29 is 10.0 Å². The molecule has 0 spiro atoms. The number of nitrogens with zero attached hydrogens (tertiary/aromatic N) is 4. The zero-order chi connectivity index (χ0) is 14.9. The van der Waals surface area contributed by atoms with Crippen molar-refractivity contribution in [3.05, 3.63) is 45.3 Å². The van der Waals surface area contributed by atoms with E-state index in [1.165, 1.54) is 24.4 Å². The summed E-state index contributed by atoms with van der Waals surface area (Å²) in [5.41, 5.74) is 2.53. The van der Waals surface area contributed by atoms with E-state index >= 15 is 0 Å². The average Bonchev–Trinajstić information content (AvgIpc) is 2.63. The van der Waals surface area contributed by atoms with E-state index in [0.717, 1.165) is 11.4 Å². The largest absolute Gasteiger partial charge is 0.507 e. The van der Waals surface area contributed by atoms with Crippen LogP contribution in [0.15, 0.2) is 23.2 Å². The first-order valence-electron chi connectivity index (χ1n) is 5.92. The Balaban J connectivity index is 2.41. The number of aliphatic imine (C=N–C) groups is 1. The van der Waals surface area contributed by atoms with Crippen molar-refractivity contribution >= 4 is 17.6 Å². The SMILES string of the molecule is Cc1nn(C)c(C)c1N=Cc1cc([N+](=O)[O-])ccc1O. The van der Waals surface area contributed by atoms with Crippen LogP contribution in [-0.2, 0) is 7.05 Å². The molecule has 0 saturated carbocycles. The van der Waals surface area contributed by atoms with Crippen LogP contribution in [-0.4, -0.2) is 26.0 Å². The number of benzene rings is 1. The molecule has 20 heavy (non-hydrogen) atoms. The second-order valence-electron chi connectivity index (χ2n) is 4.40. The van der Waals surface area contributed by atoms with Gasteiger partial charge in [0.1, 0.15) is 11.4 Å². The molecule has 0 aliphatic rings. The molecule has 2 rings (SSSR count). The van der Waals surface area contributed by atoms with Gasteiger partial charge >= 0.3 is 0 Å². The van der Waals surface area contributed by atoms with Gasteiger partial charge in [-0.1, -0.05) is 0 Å². The normalized spacial score (nSPS) is 11.2. The number of aryl methyl sites for hydroxylation is 2. The van der Waals surface area contributed by atoms with E-state index in [9.17, 15) is 15.2 Å². The molecule has 0 atom stereocenters. The average molecular weight is 274 g/mol. The Morgan fingerprint density at radius 2 is 2.15 bits per heavy atom. The molecular weight excluding hydrogens is 260 g/mol. The standard InChI is InChI=1S/C13H14N4O3/c1-8-13(9(2)16(3)15-8)14-7-10-6-11(17(19)20)4-5-12(10)18/h4-7,18H,1-3H3. The molecule has 104 valence electrons. The molecule has 0 saturated heterocycles. The van der Waals surface area contributed by atoms with Crippen LogP contribution in [0.2, 0.25) is 0 Å². The highest BCUT2D eigenvalue weighted by Gasteiger charge is 2.10. The number of phenolic OH excluding ortho intramolecular Hbond substituents is 1. The lowest BCUT2D eigenvalue weighted by atomic mass is 10.2. The molecule has 1 heterocycles. The lowest BCUT2D eigenvalue weighted by Gasteiger charge is -1.99. The number of non-ortho nitro benzene ring substituents is 1. The number of aromatic nitrogens is 2. The molecule has 1 aromatic heterocycles. The van der Waals surface area contributed by atoms with Gasteiger partial charge in [-0.3, -0.25) is 19.8 Å². The summed E-state index contributed by atoms with van der Waals surface area (Å²) < 4.78 is 1.70. The fraction of sp³-hybridized carbons (Fsp3) is 0.231. The Bertz CT molecular complexity index is 704. The molecule has 1 aromatic carbocycles. The number of rotatable bonds is 3. The highest BCUT2D eigenvalue weighted by molar-refractivity contribution is 5.86. The molecular formula is C13H14N4O3. The van der Waals surface area contributed by atoms with Crippen molar-refractivity contribution in [2.45, 2.75) is 13.8 Å². The first-order chi connectivity index (χ1) is 9.40. The lowest BCUT2D eigenvalue weighted by molar-refractivity contribution is -0.384.